The van der Waals surface area contributed by atoms with Gasteiger partial charge in [0.1, 0.15) is 0 Å². The number of ether oxygens (including phenoxy) is 1. The number of nitrogens with zero attached hydrogens (tertiary/aromatic N) is 3. The van der Waals surface area contributed by atoms with Gasteiger partial charge in [-0.05, 0) is 81.8 Å². The molecule has 2 saturated heterocycles. The smallest absolute Gasteiger partial charge is 0.253 e. The molecule has 0 unspecified atom stereocenters. The Hall–Kier alpha value is -3.31. The average molecular weight is 496 g/mol. The zero-order valence-electron chi connectivity index (χ0n) is 22.0. The highest BCUT2D eigenvalue weighted by Gasteiger charge is 2.44. The fourth-order valence-corrected chi connectivity index (χ4v) is 6.73. The maximum absolute atomic E-state index is 13.1. The van der Waals surface area contributed by atoms with Crippen LogP contribution in [0.3, 0.4) is 0 Å². The summed E-state index contributed by atoms with van der Waals surface area (Å²) in [7, 11) is 0. The van der Waals surface area contributed by atoms with Crippen LogP contribution in [0.1, 0.15) is 55.5 Å². The number of amides is 1. The number of piperidine rings is 1. The second-order valence-electron chi connectivity index (χ2n) is 10.6. The van der Waals surface area contributed by atoms with Gasteiger partial charge in [0.05, 0.1) is 11.4 Å². The van der Waals surface area contributed by atoms with E-state index in [2.05, 4.69) is 58.3 Å². The molecule has 0 aromatic heterocycles. The first-order valence-corrected chi connectivity index (χ1v) is 13.9. The summed E-state index contributed by atoms with van der Waals surface area (Å²) in [5.41, 5.74) is 4.34. The van der Waals surface area contributed by atoms with Crippen LogP contribution in [0, 0.1) is 0 Å². The molecule has 5 nitrogen and oxygen atoms in total. The fraction of sp³-hybridized carbons (Fsp3) is 0.406. The second kappa shape index (κ2) is 10.2. The molecule has 37 heavy (non-hydrogen) atoms. The minimum absolute atomic E-state index is 0.0616. The van der Waals surface area contributed by atoms with E-state index < -0.39 is 0 Å². The van der Waals surface area contributed by atoms with Crippen LogP contribution in [0.4, 0.5) is 11.4 Å². The van der Waals surface area contributed by atoms with Crippen LogP contribution in [0.15, 0.2) is 72.8 Å². The van der Waals surface area contributed by atoms with Gasteiger partial charge in [0.15, 0.2) is 11.5 Å². The molecular weight excluding hydrogens is 458 g/mol. The van der Waals surface area contributed by atoms with Gasteiger partial charge < -0.3 is 14.5 Å². The summed E-state index contributed by atoms with van der Waals surface area (Å²) in [5.74, 6) is 1.73. The lowest BCUT2D eigenvalue weighted by atomic mass is 9.93. The van der Waals surface area contributed by atoms with E-state index in [4.69, 9.17) is 4.74 Å². The molecule has 3 aliphatic rings. The number of benzene rings is 3. The van der Waals surface area contributed by atoms with E-state index in [1.54, 1.807) is 0 Å². The van der Waals surface area contributed by atoms with Crippen molar-refractivity contribution in [2.45, 2.75) is 64.1 Å². The Bertz CT molecular complexity index is 1240. The lowest BCUT2D eigenvalue weighted by Crippen LogP contribution is -2.50. The molecule has 3 aliphatic heterocycles. The maximum Gasteiger partial charge on any atom is 0.253 e. The highest BCUT2D eigenvalue weighted by atomic mass is 16.5. The molecule has 6 rings (SSSR count). The third-order valence-corrected chi connectivity index (χ3v) is 8.59. The Morgan fingerprint density at radius 1 is 0.838 bits per heavy atom. The van der Waals surface area contributed by atoms with Crippen molar-refractivity contribution >= 4 is 17.3 Å². The molecule has 3 atom stereocenters. The number of hydrogen-bond acceptors (Lipinski definition) is 4. The van der Waals surface area contributed by atoms with Gasteiger partial charge in [0.2, 0.25) is 0 Å². The van der Waals surface area contributed by atoms with E-state index in [1.165, 1.54) is 18.4 Å². The number of para-hydroxylation sites is 2. The molecule has 192 valence electrons. The van der Waals surface area contributed by atoms with Gasteiger partial charge in [-0.2, -0.15) is 0 Å². The summed E-state index contributed by atoms with van der Waals surface area (Å²) in [4.78, 5) is 20.2. The summed E-state index contributed by atoms with van der Waals surface area (Å²) in [6, 6.07) is 26.9. The van der Waals surface area contributed by atoms with Crippen LogP contribution in [0.5, 0.6) is 11.5 Å². The molecule has 1 amide bonds. The highest BCUT2D eigenvalue weighted by Crippen LogP contribution is 2.51. The molecular formula is C32H37N3O2. The monoisotopic (exact) mass is 495 g/mol. The highest BCUT2D eigenvalue weighted by molar-refractivity contribution is 5.96. The fourth-order valence-electron chi connectivity index (χ4n) is 6.73. The van der Waals surface area contributed by atoms with Gasteiger partial charge in [-0.1, -0.05) is 42.5 Å². The number of hydrogen-bond donors (Lipinski definition) is 0. The van der Waals surface area contributed by atoms with Gasteiger partial charge in [0.25, 0.3) is 5.91 Å². The molecule has 0 N–H and O–H groups in total. The number of fused-ring (bicyclic) bond motifs is 4. The third-order valence-electron chi connectivity index (χ3n) is 8.59. The Balaban J connectivity index is 1.26. The van der Waals surface area contributed by atoms with Crippen LogP contribution in [0.25, 0.3) is 0 Å². The minimum atomic E-state index is 0.0616. The molecule has 0 radical (unpaired) electrons. The number of rotatable bonds is 7. The van der Waals surface area contributed by atoms with Crippen molar-refractivity contribution in [3.8, 4) is 11.5 Å². The Morgan fingerprint density at radius 3 is 2.24 bits per heavy atom. The first-order chi connectivity index (χ1) is 18.2. The SMILES string of the molecule is CCN(CC)C(=O)c1ccc2c(c1)Oc1ccccc1N2[C@@H]1C[C@H]2CC[C@@H](C1)N2CCc1ccccc1. The van der Waals surface area contributed by atoms with E-state index in [9.17, 15) is 4.79 Å². The first-order valence-electron chi connectivity index (χ1n) is 13.9. The number of carbonyl (C=O) groups is 1. The molecule has 3 aromatic rings. The third kappa shape index (κ3) is 4.50. The minimum Gasteiger partial charge on any atom is -0.453 e. The first kappa shape index (κ1) is 24.1. The van der Waals surface area contributed by atoms with Gasteiger partial charge >= 0.3 is 0 Å². The lowest BCUT2D eigenvalue weighted by molar-refractivity contribution is 0.0772. The van der Waals surface area contributed by atoms with Crippen LogP contribution in [0.2, 0.25) is 0 Å². The predicted molar refractivity (Wildman–Crippen MR) is 149 cm³/mol. The van der Waals surface area contributed by atoms with Crippen molar-refractivity contribution in [2.24, 2.45) is 0 Å². The maximum atomic E-state index is 13.1. The van der Waals surface area contributed by atoms with E-state index in [0.29, 0.717) is 36.8 Å². The number of anilines is 2. The quantitative estimate of drug-likeness (QED) is 0.368. The molecule has 0 aliphatic carbocycles. The van der Waals surface area contributed by atoms with Gasteiger partial charge in [0, 0.05) is 43.3 Å². The van der Waals surface area contributed by atoms with Crippen molar-refractivity contribution in [1.82, 2.24) is 9.80 Å². The molecule has 0 spiro atoms. The van der Waals surface area contributed by atoms with Crippen molar-refractivity contribution in [3.05, 3.63) is 83.9 Å². The van der Waals surface area contributed by atoms with Gasteiger partial charge in [-0.15, -0.1) is 0 Å². The summed E-state index contributed by atoms with van der Waals surface area (Å²) >= 11 is 0. The molecule has 2 fully saturated rings. The topological polar surface area (TPSA) is 36.0 Å². The Kier molecular flexibility index (Phi) is 6.64. The summed E-state index contributed by atoms with van der Waals surface area (Å²) in [5, 5.41) is 0. The van der Waals surface area contributed by atoms with Crippen LogP contribution in [-0.4, -0.2) is 53.5 Å². The van der Waals surface area contributed by atoms with E-state index in [0.717, 1.165) is 48.7 Å². The van der Waals surface area contributed by atoms with Crippen molar-refractivity contribution in [3.63, 3.8) is 0 Å². The molecule has 2 bridgehead atoms. The zero-order chi connectivity index (χ0) is 25.4. The summed E-state index contributed by atoms with van der Waals surface area (Å²) < 4.78 is 6.39. The van der Waals surface area contributed by atoms with E-state index in [-0.39, 0.29) is 5.91 Å². The lowest BCUT2D eigenvalue weighted by Gasteiger charge is -2.46. The van der Waals surface area contributed by atoms with Gasteiger partial charge in [-0.25, -0.2) is 0 Å². The van der Waals surface area contributed by atoms with Crippen LogP contribution >= 0.6 is 0 Å². The number of carbonyl (C=O) groups excluding carboxylic acids is 1. The largest absolute Gasteiger partial charge is 0.453 e. The summed E-state index contributed by atoms with van der Waals surface area (Å²) in [6.45, 7) is 6.59. The summed E-state index contributed by atoms with van der Waals surface area (Å²) in [6.07, 6.45) is 5.99. The molecule has 0 saturated carbocycles. The van der Waals surface area contributed by atoms with Crippen LogP contribution in [-0.2, 0) is 6.42 Å². The molecule has 3 heterocycles. The van der Waals surface area contributed by atoms with Gasteiger partial charge in [-0.3, -0.25) is 9.69 Å². The van der Waals surface area contributed by atoms with Crippen molar-refractivity contribution in [2.75, 3.05) is 24.5 Å². The second-order valence-corrected chi connectivity index (χ2v) is 10.6. The average Bonchev–Trinajstić information content (AvgIpc) is 3.17. The zero-order valence-corrected chi connectivity index (χ0v) is 22.0. The molecule has 3 aromatic carbocycles. The Labute approximate surface area is 220 Å². The standard InChI is InChI=1S/C32H37N3O2/c1-3-33(4-2)32(36)24-14-17-29-31(20-24)37-30-13-9-8-12-28(30)35(29)27-21-25-15-16-26(22-27)34(25)19-18-23-10-6-5-7-11-23/h5-14,17,20,25-27H,3-4,15-16,18-19,21-22H2,1-2H3/t25-,26+,27-. The molecule has 5 heteroatoms. The van der Waals surface area contributed by atoms with E-state index >= 15 is 0 Å². The van der Waals surface area contributed by atoms with E-state index in [1.807, 2.05) is 43.0 Å². The normalized spacial score (nSPS) is 22.2. The van der Waals surface area contributed by atoms with Crippen LogP contribution < -0.4 is 9.64 Å². The Morgan fingerprint density at radius 2 is 1.51 bits per heavy atom. The predicted octanol–water partition coefficient (Wildman–Crippen LogP) is 6.65. The van der Waals surface area contributed by atoms with Crippen molar-refractivity contribution < 1.29 is 9.53 Å². The van der Waals surface area contributed by atoms with Crippen molar-refractivity contribution in [1.29, 1.82) is 0 Å².